The fourth-order valence-corrected chi connectivity index (χ4v) is 4.11. The van der Waals surface area contributed by atoms with Crippen molar-refractivity contribution in [1.29, 1.82) is 0 Å². The van der Waals surface area contributed by atoms with Crippen molar-refractivity contribution in [2.24, 2.45) is 5.73 Å². The Morgan fingerprint density at radius 3 is 2.69 bits per heavy atom. The molecule has 0 aliphatic carbocycles. The second kappa shape index (κ2) is 8.70. The molecule has 0 saturated carbocycles. The summed E-state index contributed by atoms with van der Waals surface area (Å²) in [4.78, 5) is 38.7. The second-order valence-electron chi connectivity index (χ2n) is 7.84. The van der Waals surface area contributed by atoms with Gasteiger partial charge in [-0.3, -0.25) is 9.36 Å². The molecule has 0 radical (unpaired) electrons. The van der Waals surface area contributed by atoms with Gasteiger partial charge >= 0.3 is 12.1 Å². The number of nitrogens with two attached hydrogens (primary N) is 1. The highest BCUT2D eigenvalue weighted by atomic mass is 19.1. The summed E-state index contributed by atoms with van der Waals surface area (Å²) in [6, 6.07) is 11.3. The van der Waals surface area contributed by atoms with Crippen LogP contribution >= 0.6 is 0 Å². The van der Waals surface area contributed by atoms with Crippen LogP contribution in [0.25, 0.3) is 10.9 Å². The van der Waals surface area contributed by atoms with Gasteiger partial charge in [0.15, 0.2) is 5.78 Å². The number of Topliss-reactive ketones (excluding diaryl/α,β-unsaturated/α-hetero) is 1. The number of likely N-dealkylation sites (tertiary alicyclic amines) is 1. The average molecular weight is 438 g/mol. The number of rotatable bonds is 5. The zero-order valence-electron chi connectivity index (χ0n) is 17.2. The molecule has 3 aromatic rings. The summed E-state index contributed by atoms with van der Waals surface area (Å²) in [7, 11) is 0. The minimum absolute atomic E-state index is 0.0602. The van der Waals surface area contributed by atoms with Crippen LogP contribution in [-0.4, -0.2) is 51.2 Å². The van der Waals surface area contributed by atoms with Gasteiger partial charge in [-0.1, -0.05) is 30.3 Å². The summed E-state index contributed by atoms with van der Waals surface area (Å²) < 4.78 is 15.4. The second-order valence-corrected chi connectivity index (χ2v) is 7.84. The van der Waals surface area contributed by atoms with E-state index in [0.29, 0.717) is 23.0 Å². The van der Waals surface area contributed by atoms with Gasteiger partial charge in [0.1, 0.15) is 11.9 Å². The molecule has 0 unspecified atom stereocenters. The number of hydrogen-bond acceptors (Lipinski definition) is 4. The van der Waals surface area contributed by atoms with E-state index in [-0.39, 0.29) is 30.9 Å². The van der Waals surface area contributed by atoms with Crippen molar-refractivity contribution in [3.63, 3.8) is 0 Å². The van der Waals surface area contributed by atoms with Gasteiger partial charge in [0.25, 0.3) is 0 Å². The molecule has 32 heavy (non-hydrogen) atoms. The van der Waals surface area contributed by atoms with Crippen LogP contribution < -0.4 is 11.1 Å². The standard InChI is InChI=1S/C23H23FN4O4/c24-15-11-20(21(30)9-8-14-4-3-5-16(29)10-14)28(12-15)23(32)26-18-13-27(22(25)31)19-7-2-1-6-17(18)19/h1-7,10,13,15,20,29H,8-9,11-12H2,(H2,25,31)(H,26,32)/t15-,20+/m1/s1. The van der Waals surface area contributed by atoms with Gasteiger partial charge in [0, 0.05) is 24.4 Å². The van der Waals surface area contributed by atoms with Crippen LogP contribution in [0.2, 0.25) is 0 Å². The number of fused-ring (bicyclic) bond motifs is 1. The predicted molar refractivity (Wildman–Crippen MR) is 117 cm³/mol. The number of urea groups is 1. The zero-order valence-corrected chi connectivity index (χ0v) is 17.2. The van der Waals surface area contributed by atoms with E-state index in [1.165, 1.54) is 21.7 Å². The molecule has 2 aromatic carbocycles. The van der Waals surface area contributed by atoms with Crippen LogP contribution in [0.4, 0.5) is 19.7 Å². The maximum Gasteiger partial charge on any atom is 0.323 e. The van der Waals surface area contributed by atoms with Crippen LogP contribution in [0.1, 0.15) is 18.4 Å². The van der Waals surface area contributed by atoms with E-state index in [2.05, 4.69) is 5.32 Å². The summed E-state index contributed by atoms with van der Waals surface area (Å²) in [5.41, 5.74) is 7.06. The van der Waals surface area contributed by atoms with E-state index in [0.717, 1.165) is 5.56 Å². The lowest BCUT2D eigenvalue weighted by atomic mass is 10.0. The highest BCUT2D eigenvalue weighted by Crippen LogP contribution is 2.28. The first kappa shape index (κ1) is 21.4. The van der Waals surface area contributed by atoms with Gasteiger partial charge in [-0.25, -0.2) is 14.0 Å². The average Bonchev–Trinajstić information content (AvgIpc) is 3.33. The Labute approximate surface area is 183 Å². The first-order valence-corrected chi connectivity index (χ1v) is 10.3. The number of alkyl halides is 1. The molecule has 2 atom stereocenters. The molecule has 3 amide bonds. The summed E-state index contributed by atoms with van der Waals surface area (Å²) >= 11 is 0. The number of phenolic OH excluding ortho intramolecular Hbond substituents is 1. The molecule has 2 heterocycles. The lowest BCUT2D eigenvalue weighted by Gasteiger charge is -2.23. The summed E-state index contributed by atoms with van der Waals surface area (Å²) in [6.45, 7) is -0.192. The molecule has 1 aliphatic heterocycles. The largest absolute Gasteiger partial charge is 0.508 e. The van der Waals surface area contributed by atoms with E-state index in [9.17, 15) is 23.9 Å². The van der Waals surface area contributed by atoms with Crippen molar-refractivity contribution >= 4 is 34.4 Å². The number of nitrogens with zero attached hydrogens (tertiary/aromatic N) is 2. The highest BCUT2D eigenvalue weighted by molar-refractivity contribution is 6.05. The minimum atomic E-state index is -1.30. The fraction of sp³-hybridized carbons (Fsp3) is 0.261. The number of benzene rings is 2. The number of nitrogens with one attached hydrogen (secondary N) is 1. The van der Waals surface area contributed by atoms with Crippen molar-refractivity contribution in [2.75, 3.05) is 11.9 Å². The molecule has 1 saturated heterocycles. The number of aromatic hydroxyl groups is 1. The van der Waals surface area contributed by atoms with Crippen LogP contribution in [0.3, 0.4) is 0 Å². The van der Waals surface area contributed by atoms with Gasteiger partial charge in [0.05, 0.1) is 23.8 Å². The van der Waals surface area contributed by atoms with E-state index in [1.54, 1.807) is 42.5 Å². The van der Waals surface area contributed by atoms with Gasteiger partial charge in [-0.2, -0.15) is 0 Å². The number of carbonyl (C=O) groups is 3. The van der Waals surface area contributed by atoms with E-state index < -0.39 is 24.3 Å². The number of para-hydroxylation sites is 1. The van der Waals surface area contributed by atoms with Crippen molar-refractivity contribution in [3.8, 4) is 5.75 Å². The van der Waals surface area contributed by atoms with E-state index in [4.69, 9.17) is 5.73 Å². The van der Waals surface area contributed by atoms with Crippen LogP contribution in [0, 0.1) is 0 Å². The number of aryl methyl sites for hydroxylation is 1. The Morgan fingerprint density at radius 1 is 1.16 bits per heavy atom. The Balaban J connectivity index is 1.49. The molecule has 166 valence electrons. The Morgan fingerprint density at radius 2 is 1.94 bits per heavy atom. The normalized spacial score (nSPS) is 18.1. The number of carbonyl (C=O) groups excluding carboxylic acids is 3. The van der Waals surface area contributed by atoms with Crippen LogP contribution in [0.5, 0.6) is 5.75 Å². The summed E-state index contributed by atoms with van der Waals surface area (Å²) in [5, 5.41) is 12.9. The number of phenols is 1. The first-order chi connectivity index (χ1) is 15.3. The van der Waals surface area contributed by atoms with Crippen molar-refractivity contribution < 1.29 is 23.9 Å². The van der Waals surface area contributed by atoms with Gasteiger partial charge in [-0.05, 0) is 30.2 Å². The molecule has 9 heteroatoms. The van der Waals surface area contributed by atoms with Crippen LogP contribution in [-0.2, 0) is 11.2 Å². The molecule has 0 spiro atoms. The Hall–Kier alpha value is -3.88. The van der Waals surface area contributed by atoms with E-state index in [1.807, 2.05) is 0 Å². The highest BCUT2D eigenvalue weighted by Gasteiger charge is 2.39. The van der Waals surface area contributed by atoms with Gasteiger partial charge in [-0.15, -0.1) is 0 Å². The van der Waals surface area contributed by atoms with Crippen molar-refractivity contribution in [2.45, 2.75) is 31.5 Å². The number of halogens is 1. The molecule has 1 aliphatic rings. The first-order valence-electron chi connectivity index (χ1n) is 10.3. The summed E-state index contributed by atoms with van der Waals surface area (Å²) in [6.07, 6.45) is 0.540. The molecule has 8 nitrogen and oxygen atoms in total. The number of anilines is 1. The predicted octanol–water partition coefficient (Wildman–Crippen LogP) is 3.42. The molecule has 1 fully saturated rings. The fourth-order valence-electron chi connectivity index (χ4n) is 4.11. The SMILES string of the molecule is NC(=O)n1cc(NC(=O)N2C[C@H](F)C[C@H]2C(=O)CCc2cccc(O)c2)c2ccccc21. The molecule has 4 N–H and O–H groups in total. The molecular formula is C23H23FN4O4. The van der Waals surface area contributed by atoms with E-state index >= 15 is 0 Å². The maximum absolute atomic E-state index is 14.2. The van der Waals surface area contributed by atoms with Crippen molar-refractivity contribution in [1.82, 2.24) is 9.47 Å². The van der Waals surface area contributed by atoms with Crippen molar-refractivity contribution in [3.05, 3.63) is 60.3 Å². The third kappa shape index (κ3) is 4.27. The number of primary amides is 1. The number of aromatic nitrogens is 1. The maximum atomic E-state index is 14.2. The third-order valence-electron chi connectivity index (χ3n) is 5.64. The molecule has 4 rings (SSSR count). The lowest BCUT2D eigenvalue weighted by Crippen LogP contribution is -2.43. The quantitative estimate of drug-likeness (QED) is 0.566. The number of hydrogen-bond donors (Lipinski definition) is 3. The number of amides is 3. The molecule has 0 bridgehead atoms. The monoisotopic (exact) mass is 438 g/mol. The minimum Gasteiger partial charge on any atom is -0.508 e. The Kier molecular flexibility index (Phi) is 5.81. The van der Waals surface area contributed by atoms with Gasteiger partial charge in [0.2, 0.25) is 0 Å². The molecule has 1 aromatic heterocycles. The van der Waals surface area contributed by atoms with Crippen LogP contribution in [0.15, 0.2) is 54.7 Å². The molecular weight excluding hydrogens is 415 g/mol. The lowest BCUT2D eigenvalue weighted by molar-refractivity contribution is -0.122. The Bertz CT molecular complexity index is 1190. The number of ketones is 1. The topological polar surface area (TPSA) is 118 Å². The van der Waals surface area contributed by atoms with Gasteiger partial charge < -0.3 is 21.1 Å². The third-order valence-corrected chi connectivity index (χ3v) is 5.64. The summed E-state index contributed by atoms with van der Waals surface area (Å²) in [5.74, 6) is -0.140. The smallest absolute Gasteiger partial charge is 0.323 e. The zero-order chi connectivity index (χ0) is 22.8.